The van der Waals surface area contributed by atoms with Crippen LogP contribution >= 0.6 is 0 Å². The highest BCUT2D eigenvalue weighted by Gasteiger charge is 2.35. The molecule has 0 aromatic carbocycles. The number of hydrogen-bond donors (Lipinski definition) is 2. The van der Waals surface area contributed by atoms with E-state index in [0.717, 1.165) is 25.7 Å². The lowest BCUT2D eigenvalue weighted by atomic mass is 9.92. The molecule has 2 aliphatic rings. The number of nitrogens with one attached hydrogen (secondary N) is 2. The SMILES string of the molecule is CCOc1ccc2c(n1)C(=O)C(C(=O)NC1CCCCC1)CN2. The summed E-state index contributed by atoms with van der Waals surface area (Å²) in [5, 5.41) is 6.16. The molecule has 1 atom stereocenters. The van der Waals surface area contributed by atoms with Gasteiger partial charge in [-0.05, 0) is 25.8 Å². The summed E-state index contributed by atoms with van der Waals surface area (Å²) in [6.07, 6.45) is 5.52. The Morgan fingerprint density at radius 1 is 1.35 bits per heavy atom. The number of ketones is 1. The molecule has 1 fully saturated rings. The van der Waals surface area contributed by atoms with Gasteiger partial charge in [-0.25, -0.2) is 4.98 Å². The minimum atomic E-state index is -0.714. The van der Waals surface area contributed by atoms with Crippen molar-refractivity contribution in [1.29, 1.82) is 0 Å². The Labute approximate surface area is 136 Å². The molecule has 1 aromatic rings. The third-order valence-corrected chi connectivity index (χ3v) is 4.48. The van der Waals surface area contributed by atoms with Crippen LogP contribution in [-0.2, 0) is 4.79 Å². The first kappa shape index (κ1) is 15.8. The van der Waals surface area contributed by atoms with Crippen molar-refractivity contribution in [1.82, 2.24) is 10.3 Å². The van der Waals surface area contributed by atoms with Crippen molar-refractivity contribution < 1.29 is 14.3 Å². The van der Waals surface area contributed by atoms with Crippen LogP contribution < -0.4 is 15.4 Å². The number of hydrogen-bond acceptors (Lipinski definition) is 5. The van der Waals surface area contributed by atoms with Crippen LogP contribution in [0.5, 0.6) is 5.88 Å². The van der Waals surface area contributed by atoms with Crippen LogP contribution in [0.1, 0.15) is 49.5 Å². The Morgan fingerprint density at radius 3 is 2.87 bits per heavy atom. The number of amides is 1. The van der Waals surface area contributed by atoms with Crippen molar-refractivity contribution in [3.8, 4) is 5.88 Å². The average molecular weight is 317 g/mol. The van der Waals surface area contributed by atoms with Crippen LogP contribution in [0.3, 0.4) is 0 Å². The lowest BCUT2D eigenvalue weighted by molar-refractivity contribution is -0.124. The summed E-state index contributed by atoms with van der Waals surface area (Å²) in [5.74, 6) is -0.721. The fraction of sp³-hybridized carbons (Fsp3) is 0.588. The summed E-state index contributed by atoms with van der Waals surface area (Å²) in [7, 11) is 0. The quantitative estimate of drug-likeness (QED) is 0.832. The molecule has 2 heterocycles. The predicted octanol–water partition coefficient (Wildman–Crippen LogP) is 2.15. The first-order valence-corrected chi connectivity index (χ1v) is 8.41. The van der Waals surface area contributed by atoms with Gasteiger partial charge in [0.15, 0.2) is 5.78 Å². The third kappa shape index (κ3) is 3.46. The van der Waals surface area contributed by atoms with Gasteiger partial charge in [-0.2, -0.15) is 0 Å². The fourth-order valence-electron chi connectivity index (χ4n) is 3.23. The molecule has 0 radical (unpaired) electrons. The molecular weight excluding hydrogens is 294 g/mol. The largest absolute Gasteiger partial charge is 0.478 e. The van der Waals surface area contributed by atoms with Crippen molar-refractivity contribution in [2.24, 2.45) is 5.92 Å². The van der Waals surface area contributed by atoms with Gasteiger partial charge in [-0.3, -0.25) is 9.59 Å². The second-order valence-corrected chi connectivity index (χ2v) is 6.12. The number of carbonyl (C=O) groups is 2. The van der Waals surface area contributed by atoms with E-state index in [4.69, 9.17) is 4.74 Å². The van der Waals surface area contributed by atoms with Gasteiger partial charge in [-0.1, -0.05) is 19.3 Å². The molecule has 3 rings (SSSR count). The number of ether oxygens (including phenoxy) is 1. The van der Waals surface area contributed by atoms with Crippen LogP contribution in [-0.4, -0.2) is 35.9 Å². The van der Waals surface area contributed by atoms with Gasteiger partial charge in [0.2, 0.25) is 11.8 Å². The summed E-state index contributed by atoms with van der Waals surface area (Å²) in [5.41, 5.74) is 0.964. The number of carbonyl (C=O) groups excluding carboxylic acids is 2. The van der Waals surface area contributed by atoms with Gasteiger partial charge in [0.1, 0.15) is 11.6 Å². The van der Waals surface area contributed by atoms with Crippen LogP contribution in [0.4, 0.5) is 5.69 Å². The molecule has 1 saturated carbocycles. The third-order valence-electron chi connectivity index (χ3n) is 4.48. The first-order chi connectivity index (χ1) is 11.2. The highest BCUT2D eigenvalue weighted by Crippen LogP contribution is 2.26. The number of Topliss-reactive ketones (excluding diaryl/α,β-unsaturated/α-hetero) is 1. The number of aromatic nitrogens is 1. The van der Waals surface area contributed by atoms with Crippen LogP contribution in [0.2, 0.25) is 0 Å². The van der Waals surface area contributed by atoms with Crippen molar-refractivity contribution in [3.05, 3.63) is 17.8 Å². The minimum Gasteiger partial charge on any atom is -0.478 e. The van der Waals surface area contributed by atoms with E-state index in [0.29, 0.717) is 30.4 Å². The molecule has 6 nitrogen and oxygen atoms in total. The molecule has 0 bridgehead atoms. The number of rotatable bonds is 4. The molecule has 2 N–H and O–H groups in total. The van der Waals surface area contributed by atoms with E-state index in [1.54, 1.807) is 12.1 Å². The van der Waals surface area contributed by atoms with E-state index < -0.39 is 5.92 Å². The predicted molar refractivity (Wildman–Crippen MR) is 86.7 cm³/mol. The number of fused-ring (bicyclic) bond motifs is 1. The molecule has 1 unspecified atom stereocenters. The Hall–Kier alpha value is -2.11. The summed E-state index contributed by atoms with van der Waals surface area (Å²) >= 11 is 0. The summed E-state index contributed by atoms with van der Waals surface area (Å²) < 4.78 is 5.35. The van der Waals surface area contributed by atoms with E-state index >= 15 is 0 Å². The maximum atomic E-state index is 12.6. The van der Waals surface area contributed by atoms with E-state index in [9.17, 15) is 9.59 Å². The fourth-order valence-corrected chi connectivity index (χ4v) is 3.23. The lowest BCUT2D eigenvalue weighted by Crippen LogP contribution is -2.46. The lowest BCUT2D eigenvalue weighted by Gasteiger charge is -2.27. The topological polar surface area (TPSA) is 80.3 Å². The number of nitrogens with zero attached hydrogens (tertiary/aromatic N) is 1. The van der Waals surface area contributed by atoms with E-state index in [2.05, 4.69) is 15.6 Å². The van der Waals surface area contributed by atoms with E-state index in [1.807, 2.05) is 6.92 Å². The number of pyridine rings is 1. The molecule has 124 valence electrons. The smallest absolute Gasteiger partial charge is 0.233 e. The van der Waals surface area contributed by atoms with Crippen LogP contribution in [0.25, 0.3) is 0 Å². The summed E-state index contributed by atoms with van der Waals surface area (Å²) in [6, 6.07) is 3.71. The van der Waals surface area contributed by atoms with Crippen LogP contribution in [0, 0.1) is 5.92 Å². The minimum absolute atomic E-state index is 0.191. The van der Waals surface area contributed by atoms with Crippen molar-refractivity contribution in [3.63, 3.8) is 0 Å². The molecule has 1 aromatic heterocycles. The van der Waals surface area contributed by atoms with E-state index in [-0.39, 0.29) is 17.7 Å². The second-order valence-electron chi connectivity index (χ2n) is 6.12. The van der Waals surface area contributed by atoms with Crippen molar-refractivity contribution in [2.45, 2.75) is 45.1 Å². The second kappa shape index (κ2) is 6.98. The Morgan fingerprint density at radius 2 is 2.13 bits per heavy atom. The Bertz CT molecular complexity index is 597. The van der Waals surface area contributed by atoms with Gasteiger partial charge < -0.3 is 15.4 Å². The zero-order chi connectivity index (χ0) is 16.2. The molecule has 0 saturated heterocycles. The van der Waals surface area contributed by atoms with Crippen molar-refractivity contribution in [2.75, 3.05) is 18.5 Å². The monoisotopic (exact) mass is 317 g/mol. The molecule has 1 aliphatic heterocycles. The van der Waals surface area contributed by atoms with Gasteiger partial charge in [0.25, 0.3) is 0 Å². The zero-order valence-corrected chi connectivity index (χ0v) is 13.4. The van der Waals surface area contributed by atoms with Gasteiger partial charge >= 0.3 is 0 Å². The molecular formula is C17H23N3O3. The standard InChI is InChI=1S/C17H23N3O3/c1-2-23-14-9-8-13-15(20-14)16(21)12(10-18-13)17(22)19-11-6-4-3-5-7-11/h8-9,11-12,18H,2-7,10H2,1H3,(H,19,22). The maximum Gasteiger partial charge on any atom is 0.233 e. The summed E-state index contributed by atoms with van der Waals surface area (Å²) in [6.45, 7) is 2.67. The number of anilines is 1. The van der Waals surface area contributed by atoms with Gasteiger partial charge in [0, 0.05) is 18.7 Å². The van der Waals surface area contributed by atoms with Crippen LogP contribution in [0.15, 0.2) is 12.1 Å². The zero-order valence-electron chi connectivity index (χ0n) is 13.4. The summed E-state index contributed by atoms with van der Waals surface area (Å²) in [4.78, 5) is 29.4. The highest BCUT2D eigenvalue weighted by atomic mass is 16.5. The Balaban J connectivity index is 1.71. The molecule has 1 amide bonds. The highest BCUT2D eigenvalue weighted by molar-refractivity contribution is 6.13. The van der Waals surface area contributed by atoms with Gasteiger partial charge in [-0.15, -0.1) is 0 Å². The van der Waals surface area contributed by atoms with Crippen molar-refractivity contribution >= 4 is 17.4 Å². The maximum absolute atomic E-state index is 12.6. The molecule has 6 heteroatoms. The molecule has 1 aliphatic carbocycles. The first-order valence-electron chi connectivity index (χ1n) is 8.41. The molecule has 23 heavy (non-hydrogen) atoms. The van der Waals surface area contributed by atoms with Gasteiger partial charge in [0.05, 0.1) is 12.3 Å². The molecule has 0 spiro atoms. The Kier molecular flexibility index (Phi) is 4.79. The normalized spacial score (nSPS) is 21.3. The average Bonchev–Trinajstić information content (AvgIpc) is 2.57. The van der Waals surface area contributed by atoms with E-state index in [1.165, 1.54) is 6.42 Å².